The van der Waals surface area contributed by atoms with Crippen LogP contribution in [0.1, 0.15) is 45.4 Å². The van der Waals surface area contributed by atoms with E-state index < -0.39 is 0 Å². The Morgan fingerprint density at radius 2 is 2.06 bits per heavy atom. The van der Waals surface area contributed by atoms with E-state index in [1.54, 1.807) is 0 Å². The fraction of sp³-hybridized carbons (Fsp3) is 0.929. The third-order valence-electron chi connectivity index (χ3n) is 4.10. The quantitative estimate of drug-likeness (QED) is 0.789. The third kappa shape index (κ3) is 3.95. The molecule has 0 aromatic carbocycles. The Morgan fingerprint density at radius 1 is 1.28 bits per heavy atom. The van der Waals surface area contributed by atoms with Gasteiger partial charge in [0.2, 0.25) is 5.91 Å². The maximum atomic E-state index is 12.1. The highest BCUT2D eigenvalue weighted by Crippen LogP contribution is 2.12. The van der Waals surface area contributed by atoms with Crippen molar-refractivity contribution in [3.05, 3.63) is 0 Å². The molecule has 1 amide bonds. The van der Waals surface area contributed by atoms with Crippen molar-refractivity contribution in [3.8, 4) is 0 Å². The van der Waals surface area contributed by atoms with Crippen molar-refractivity contribution in [1.82, 2.24) is 15.5 Å². The van der Waals surface area contributed by atoms with Gasteiger partial charge in [-0.05, 0) is 45.2 Å². The van der Waals surface area contributed by atoms with E-state index in [9.17, 15) is 4.79 Å². The van der Waals surface area contributed by atoms with Crippen LogP contribution in [0.25, 0.3) is 0 Å². The number of hydrogen-bond acceptors (Lipinski definition) is 3. The van der Waals surface area contributed by atoms with Crippen LogP contribution in [0.2, 0.25) is 0 Å². The lowest BCUT2D eigenvalue weighted by Crippen LogP contribution is -2.52. The molecule has 2 aliphatic rings. The molecule has 18 heavy (non-hydrogen) atoms. The molecule has 1 atom stereocenters. The van der Waals surface area contributed by atoms with Gasteiger partial charge in [-0.3, -0.25) is 4.79 Å². The number of amides is 1. The number of piperidine rings is 2. The van der Waals surface area contributed by atoms with Gasteiger partial charge >= 0.3 is 0 Å². The second-order valence-electron chi connectivity index (χ2n) is 5.63. The van der Waals surface area contributed by atoms with Gasteiger partial charge in [-0.2, -0.15) is 0 Å². The number of hydrogen-bond donors (Lipinski definition) is 2. The van der Waals surface area contributed by atoms with E-state index in [4.69, 9.17) is 0 Å². The minimum absolute atomic E-state index is 0.0624. The van der Waals surface area contributed by atoms with E-state index in [-0.39, 0.29) is 11.9 Å². The number of carbonyl (C=O) groups excluding carboxylic acids is 1. The van der Waals surface area contributed by atoms with E-state index in [2.05, 4.69) is 22.5 Å². The molecule has 2 heterocycles. The standard InChI is InChI=1S/C14H27N3O/c1-2-9-17-10-6-12(7-11-17)16-14(18)13-5-3-4-8-15-13/h12-13,15H,2-11H2,1H3,(H,16,18)/t13-/m1/s1. The van der Waals surface area contributed by atoms with Crippen LogP contribution < -0.4 is 10.6 Å². The summed E-state index contributed by atoms with van der Waals surface area (Å²) < 4.78 is 0. The van der Waals surface area contributed by atoms with Crippen LogP contribution in [-0.4, -0.2) is 49.1 Å². The zero-order valence-electron chi connectivity index (χ0n) is 11.6. The van der Waals surface area contributed by atoms with Crippen LogP contribution in [0.3, 0.4) is 0 Å². The summed E-state index contributed by atoms with van der Waals surface area (Å²) in [6, 6.07) is 0.460. The minimum Gasteiger partial charge on any atom is -0.352 e. The summed E-state index contributed by atoms with van der Waals surface area (Å²) in [4.78, 5) is 14.6. The smallest absolute Gasteiger partial charge is 0.237 e. The van der Waals surface area contributed by atoms with Crippen molar-refractivity contribution < 1.29 is 4.79 Å². The molecule has 2 aliphatic heterocycles. The van der Waals surface area contributed by atoms with Gasteiger partial charge in [-0.15, -0.1) is 0 Å². The van der Waals surface area contributed by atoms with Gasteiger partial charge in [0.1, 0.15) is 0 Å². The number of rotatable bonds is 4. The zero-order chi connectivity index (χ0) is 12.8. The molecule has 2 rings (SSSR count). The predicted octanol–water partition coefficient (Wildman–Crippen LogP) is 1.12. The summed E-state index contributed by atoms with van der Waals surface area (Å²) in [5.41, 5.74) is 0. The fourth-order valence-corrected chi connectivity index (χ4v) is 2.99. The Kier molecular flexibility index (Phi) is 5.45. The first-order valence-electron chi connectivity index (χ1n) is 7.55. The number of nitrogens with zero attached hydrogens (tertiary/aromatic N) is 1. The highest BCUT2D eigenvalue weighted by Gasteiger charge is 2.25. The summed E-state index contributed by atoms with van der Waals surface area (Å²) in [6.07, 6.45) is 6.83. The minimum atomic E-state index is 0.0624. The molecule has 0 unspecified atom stereocenters. The Morgan fingerprint density at radius 3 is 2.67 bits per heavy atom. The Bertz CT molecular complexity index is 256. The second kappa shape index (κ2) is 7.10. The lowest BCUT2D eigenvalue weighted by molar-refractivity contribution is -0.124. The van der Waals surface area contributed by atoms with Crippen LogP contribution in [0, 0.1) is 0 Å². The Balaban J connectivity index is 1.68. The molecule has 0 aromatic heterocycles. The zero-order valence-corrected chi connectivity index (χ0v) is 11.6. The number of nitrogens with one attached hydrogen (secondary N) is 2. The molecule has 4 heteroatoms. The van der Waals surface area contributed by atoms with E-state index in [0.717, 1.165) is 38.9 Å². The number of likely N-dealkylation sites (tertiary alicyclic amines) is 1. The van der Waals surface area contributed by atoms with Gasteiger partial charge in [0.25, 0.3) is 0 Å². The molecule has 0 radical (unpaired) electrons. The average molecular weight is 253 g/mol. The highest BCUT2D eigenvalue weighted by molar-refractivity contribution is 5.82. The molecular formula is C14H27N3O. The average Bonchev–Trinajstić information content (AvgIpc) is 2.42. The monoisotopic (exact) mass is 253 g/mol. The lowest BCUT2D eigenvalue weighted by atomic mass is 10.0. The molecule has 0 aliphatic carbocycles. The van der Waals surface area contributed by atoms with Gasteiger partial charge in [-0.1, -0.05) is 13.3 Å². The Labute approximate surface area is 110 Å². The number of carbonyl (C=O) groups is 1. The summed E-state index contributed by atoms with van der Waals surface area (Å²) in [6.45, 7) is 6.69. The summed E-state index contributed by atoms with van der Waals surface area (Å²) in [5, 5.41) is 6.54. The Hall–Kier alpha value is -0.610. The molecule has 2 fully saturated rings. The highest BCUT2D eigenvalue weighted by atomic mass is 16.2. The first kappa shape index (κ1) is 13.8. The largest absolute Gasteiger partial charge is 0.352 e. The van der Waals surface area contributed by atoms with Crippen molar-refractivity contribution in [2.75, 3.05) is 26.2 Å². The van der Waals surface area contributed by atoms with Gasteiger partial charge < -0.3 is 15.5 Å². The summed E-state index contributed by atoms with van der Waals surface area (Å²) in [5.74, 6) is 0.226. The molecular weight excluding hydrogens is 226 g/mol. The maximum Gasteiger partial charge on any atom is 0.237 e. The molecule has 0 spiro atoms. The summed E-state index contributed by atoms with van der Waals surface area (Å²) in [7, 11) is 0. The topological polar surface area (TPSA) is 44.4 Å². The van der Waals surface area contributed by atoms with Crippen molar-refractivity contribution in [1.29, 1.82) is 0 Å². The van der Waals surface area contributed by atoms with E-state index in [0.29, 0.717) is 6.04 Å². The maximum absolute atomic E-state index is 12.1. The van der Waals surface area contributed by atoms with Gasteiger partial charge in [0, 0.05) is 19.1 Å². The van der Waals surface area contributed by atoms with Crippen LogP contribution in [0.15, 0.2) is 0 Å². The normalized spacial score (nSPS) is 27.1. The molecule has 104 valence electrons. The molecule has 2 N–H and O–H groups in total. The van der Waals surface area contributed by atoms with Gasteiger partial charge in [-0.25, -0.2) is 0 Å². The third-order valence-corrected chi connectivity index (χ3v) is 4.10. The molecule has 0 saturated carbocycles. The van der Waals surface area contributed by atoms with E-state index in [1.807, 2.05) is 0 Å². The summed E-state index contributed by atoms with van der Waals surface area (Å²) >= 11 is 0. The van der Waals surface area contributed by atoms with Crippen molar-refractivity contribution >= 4 is 5.91 Å². The first-order valence-corrected chi connectivity index (χ1v) is 7.55. The van der Waals surface area contributed by atoms with Crippen molar-refractivity contribution in [3.63, 3.8) is 0 Å². The van der Waals surface area contributed by atoms with Gasteiger partial charge in [0.15, 0.2) is 0 Å². The SMILES string of the molecule is CCCN1CCC(NC(=O)[C@H]2CCCCN2)CC1. The van der Waals surface area contributed by atoms with Crippen LogP contribution >= 0.6 is 0 Å². The molecule has 0 aromatic rings. The van der Waals surface area contributed by atoms with Crippen LogP contribution in [0.5, 0.6) is 0 Å². The first-order chi connectivity index (χ1) is 8.79. The van der Waals surface area contributed by atoms with Crippen molar-refractivity contribution in [2.24, 2.45) is 0 Å². The predicted molar refractivity (Wildman–Crippen MR) is 73.5 cm³/mol. The molecule has 2 saturated heterocycles. The van der Waals surface area contributed by atoms with Crippen molar-refractivity contribution in [2.45, 2.75) is 57.5 Å². The molecule has 4 nitrogen and oxygen atoms in total. The molecule has 0 bridgehead atoms. The van der Waals surface area contributed by atoms with Crippen LogP contribution in [0.4, 0.5) is 0 Å². The lowest BCUT2D eigenvalue weighted by Gasteiger charge is -2.33. The van der Waals surface area contributed by atoms with Crippen LogP contribution in [-0.2, 0) is 4.79 Å². The van der Waals surface area contributed by atoms with Gasteiger partial charge in [0.05, 0.1) is 6.04 Å². The fourth-order valence-electron chi connectivity index (χ4n) is 2.99. The van der Waals surface area contributed by atoms with E-state index in [1.165, 1.54) is 25.8 Å². The second-order valence-corrected chi connectivity index (χ2v) is 5.63. The van der Waals surface area contributed by atoms with E-state index >= 15 is 0 Å².